The van der Waals surface area contributed by atoms with Crippen LogP contribution in [0.4, 0.5) is 8.78 Å². The number of methoxy groups -OCH3 is 1. The summed E-state index contributed by atoms with van der Waals surface area (Å²) in [7, 11) is 1.76. The third kappa shape index (κ3) is 5.02. The van der Waals surface area contributed by atoms with Crippen LogP contribution in [0.25, 0.3) is 0 Å². The topological polar surface area (TPSA) is 27.7 Å². The van der Waals surface area contributed by atoms with E-state index < -0.39 is 17.9 Å². The molecule has 3 nitrogen and oxygen atoms in total. The zero-order chi connectivity index (χ0) is 15.5. The Balaban J connectivity index is 0.00000192. The molecule has 0 N–H and O–H groups in total. The summed E-state index contributed by atoms with van der Waals surface area (Å²) in [4.78, 5) is 0. The van der Waals surface area contributed by atoms with Crippen LogP contribution >= 0.6 is 0 Å². The van der Waals surface area contributed by atoms with Crippen molar-refractivity contribution >= 4 is 0 Å². The summed E-state index contributed by atoms with van der Waals surface area (Å²) in [5.74, 6) is -0.548. The van der Waals surface area contributed by atoms with Gasteiger partial charge in [0.05, 0.1) is 19.3 Å². The number of hydrogen-bond acceptors (Lipinski definition) is 3. The molecule has 2 aliphatic rings. The molecule has 0 amide bonds. The van der Waals surface area contributed by atoms with Crippen molar-refractivity contribution in [2.45, 2.75) is 38.1 Å². The molecule has 1 aromatic carbocycles. The van der Waals surface area contributed by atoms with E-state index in [1.165, 1.54) is 12.1 Å². The molecule has 0 unspecified atom stereocenters. The van der Waals surface area contributed by atoms with Gasteiger partial charge in [-0.2, -0.15) is 0 Å². The Labute approximate surface area is 160 Å². The van der Waals surface area contributed by atoms with Gasteiger partial charge < -0.3 is 14.2 Å². The van der Waals surface area contributed by atoms with Gasteiger partial charge in [-0.05, 0) is 31.6 Å². The normalized spacial score (nSPS) is 31.4. The van der Waals surface area contributed by atoms with Crippen molar-refractivity contribution in [3.63, 3.8) is 0 Å². The molecule has 0 aromatic heterocycles. The van der Waals surface area contributed by atoms with Gasteiger partial charge in [0.1, 0.15) is 0 Å². The van der Waals surface area contributed by atoms with Crippen molar-refractivity contribution in [2.24, 2.45) is 11.8 Å². The first-order chi connectivity index (χ1) is 10.7. The van der Waals surface area contributed by atoms with Gasteiger partial charge in [0.25, 0.3) is 0 Å². The van der Waals surface area contributed by atoms with Crippen molar-refractivity contribution < 1.29 is 55.7 Å². The molecule has 0 radical (unpaired) electrons. The zero-order valence-corrected chi connectivity index (χ0v) is 16.1. The van der Waals surface area contributed by atoms with E-state index in [-0.39, 0.29) is 32.7 Å². The Hall–Kier alpha value is 0.0639. The van der Waals surface area contributed by atoms with Crippen LogP contribution in [0.15, 0.2) is 12.1 Å². The molecule has 122 valence electrons. The van der Waals surface area contributed by atoms with Gasteiger partial charge >= 0.3 is 32.7 Å². The number of rotatable bonds is 3. The van der Waals surface area contributed by atoms with E-state index in [1.54, 1.807) is 7.11 Å². The average Bonchev–Trinajstić information content (AvgIpc) is 2.54. The first kappa shape index (κ1) is 19.4. The van der Waals surface area contributed by atoms with Crippen LogP contribution < -0.4 is 0 Å². The summed E-state index contributed by atoms with van der Waals surface area (Å²) in [5, 5.41) is 0. The number of halogens is 2. The molecule has 6 heteroatoms. The quantitative estimate of drug-likeness (QED) is 0.726. The van der Waals surface area contributed by atoms with E-state index in [2.05, 4.69) is 0 Å². The van der Waals surface area contributed by atoms with Crippen LogP contribution in [0, 0.1) is 29.5 Å². The fourth-order valence-corrected chi connectivity index (χ4v) is 3.44. The van der Waals surface area contributed by atoms with E-state index in [9.17, 15) is 8.78 Å². The van der Waals surface area contributed by atoms with Gasteiger partial charge in [0.15, 0.2) is 6.29 Å². The van der Waals surface area contributed by atoms with E-state index in [0.717, 1.165) is 25.7 Å². The minimum atomic E-state index is -0.734. The van der Waals surface area contributed by atoms with Gasteiger partial charge in [-0.15, -0.1) is 18.2 Å². The molecule has 2 fully saturated rings. The molecule has 0 spiro atoms. The second-order valence-corrected chi connectivity index (χ2v) is 6.14. The maximum Gasteiger partial charge on any atom is 3.00 e. The van der Waals surface area contributed by atoms with Crippen molar-refractivity contribution in [2.75, 3.05) is 20.3 Å². The predicted molar refractivity (Wildman–Crippen MR) is 76.1 cm³/mol. The van der Waals surface area contributed by atoms with Crippen molar-refractivity contribution in [1.82, 2.24) is 0 Å². The predicted octanol–water partition coefficient (Wildman–Crippen LogP) is 3.63. The zero-order valence-electron chi connectivity index (χ0n) is 13.3. The Morgan fingerprint density at radius 1 is 1.00 bits per heavy atom. The van der Waals surface area contributed by atoms with Crippen molar-refractivity contribution in [1.29, 1.82) is 0 Å². The second-order valence-electron chi connectivity index (χ2n) is 6.14. The maximum atomic E-state index is 13.2. The molecular weight excluding hydrogens is 379 g/mol. The molecule has 1 heterocycles. The third-order valence-corrected chi connectivity index (χ3v) is 4.74. The van der Waals surface area contributed by atoms with Crippen LogP contribution in [-0.4, -0.2) is 26.4 Å². The van der Waals surface area contributed by atoms with Crippen LogP contribution in [0.2, 0.25) is 0 Å². The molecule has 3 rings (SSSR count). The fourth-order valence-electron chi connectivity index (χ4n) is 3.44. The second kappa shape index (κ2) is 8.95. The molecule has 1 saturated carbocycles. The van der Waals surface area contributed by atoms with Gasteiger partial charge in [0, 0.05) is 24.7 Å². The fraction of sp³-hybridized carbons (Fsp3) is 0.647. The number of benzene rings is 1. The molecular formula is C17H21F2O3Y+2. The van der Waals surface area contributed by atoms with Crippen molar-refractivity contribution in [3.8, 4) is 0 Å². The van der Waals surface area contributed by atoms with Crippen molar-refractivity contribution in [3.05, 3.63) is 35.4 Å². The third-order valence-electron chi connectivity index (χ3n) is 4.74. The average molecular weight is 400 g/mol. The standard InChI is InChI=1S/C17H21F2O3.Y/c1-20-16-4-2-11(3-5-16)13-9-21-17(22-10-13)12-6-14(18)8-15(19)7-12;/h6-7,11,13,16-17H,2-5,9-10H2,1H3;/q-1;+3. The Morgan fingerprint density at radius 2 is 1.57 bits per heavy atom. The van der Waals surface area contributed by atoms with Gasteiger partial charge in [0.2, 0.25) is 0 Å². The van der Waals surface area contributed by atoms with Gasteiger partial charge in [-0.1, -0.05) is 5.56 Å². The largest absolute Gasteiger partial charge is 3.00 e. The van der Waals surface area contributed by atoms with E-state index in [4.69, 9.17) is 14.2 Å². The van der Waals surface area contributed by atoms with Crippen LogP contribution in [0.5, 0.6) is 0 Å². The minimum Gasteiger partial charge on any atom is -0.381 e. The molecule has 0 bridgehead atoms. The molecule has 0 atom stereocenters. The summed E-state index contributed by atoms with van der Waals surface area (Å²) in [6.07, 6.45) is 4.07. The van der Waals surface area contributed by atoms with E-state index >= 15 is 0 Å². The van der Waals surface area contributed by atoms with Crippen LogP contribution in [-0.2, 0) is 46.9 Å². The first-order valence-corrected chi connectivity index (χ1v) is 7.80. The smallest absolute Gasteiger partial charge is 0.381 e. The SMILES string of the molecule is COC1CCC(C2COC(c3cc(F)[c-]c(F)c3)OC2)CC1.[Y+3]. The summed E-state index contributed by atoms with van der Waals surface area (Å²) in [6.45, 7) is 1.13. The molecule has 1 saturated heterocycles. The van der Waals surface area contributed by atoms with Gasteiger partial charge in [-0.3, -0.25) is 0 Å². The molecule has 23 heavy (non-hydrogen) atoms. The summed E-state index contributed by atoms with van der Waals surface area (Å²) < 4.78 is 43.2. The van der Waals surface area contributed by atoms with E-state index in [1.807, 2.05) is 6.07 Å². The molecule has 1 aromatic rings. The minimum absolute atomic E-state index is 0. The Kier molecular flexibility index (Phi) is 7.55. The summed E-state index contributed by atoms with van der Waals surface area (Å²) in [5.41, 5.74) is 0.371. The van der Waals surface area contributed by atoms with Gasteiger partial charge in [-0.25, -0.2) is 8.78 Å². The van der Waals surface area contributed by atoms with Crippen LogP contribution in [0.3, 0.4) is 0 Å². The summed E-state index contributed by atoms with van der Waals surface area (Å²) in [6, 6.07) is 4.38. The van der Waals surface area contributed by atoms with E-state index in [0.29, 0.717) is 36.7 Å². The monoisotopic (exact) mass is 400 g/mol. The Morgan fingerprint density at radius 3 is 2.09 bits per heavy atom. The molecule has 1 aliphatic carbocycles. The summed E-state index contributed by atoms with van der Waals surface area (Å²) >= 11 is 0. The first-order valence-electron chi connectivity index (χ1n) is 7.80. The maximum absolute atomic E-state index is 13.2. The Bertz CT molecular complexity index is 478. The number of hydrogen-bond donors (Lipinski definition) is 0. The number of ether oxygens (including phenoxy) is 3. The molecule has 1 aliphatic heterocycles. The van der Waals surface area contributed by atoms with Crippen LogP contribution in [0.1, 0.15) is 37.5 Å².